The number of benzene rings is 2. The molecule has 0 bridgehead atoms. The van der Waals surface area contributed by atoms with Gasteiger partial charge in [0.15, 0.2) is 0 Å². The van der Waals surface area contributed by atoms with Crippen molar-refractivity contribution in [3.63, 3.8) is 0 Å². The van der Waals surface area contributed by atoms with Gasteiger partial charge in [-0.25, -0.2) is 0 Å². The standard InChI is InChI=1S/C17H17N2/c1-14-13-15(2)19(17-11-7-4-8-12-17)18(14)16-9-5-3-6-10-16/h3-13H,1-2H3/q+1. The van der Waals surface area contributed by atoms with Crippen LogP contribution in [0.25, 0.3) is 11.4 Å². The molecule has 0 radical (unpaired) electrons. The molecule has 0 fully saturated rings. The first-order chi connectivity index (χ1) is 9.27. The van der Waals surface area contributed by atoms with Crippen LogP contribution in [-0.2, 0) is 0 Å². The molecule has 0 aliphatic rings. The van der Waals surface area contributed by atoms with Gasteiger partial charge in [0.05, 0.1) is 5.69 Å². The van der Waals surface area contributed by atoms with E-state index in [1.807, 2.05) is 12.1 Å². The maximum absolute atomic E-state index is 2.24. The Morgan fingerprint density at radius 3 is 2.00 bits per heavy atom. The molecule has 2 nitrogen and oxygen atoms in total. The lowest BCUT2D eigenvalue weighted by molar-refractivity contribution is -0.680. The summed E-state index contributed by atoms with van der Waals surface area (Å²) in [4.78, 5) is 0. The number of aromatic nitrogens is 2. The van der Waals surface area contributed by atoms with E-state index < -0.39 is 0 Å². The van der Waals surface area contributed by atoms with Gasteiger partial charge in [0, 0.05) is 25.1 Å². The van der Waals surface area contributed by atoms with E-state index in [9.17, 15) is 0 Å². The van der Waals surface area contributed by atoms with Gasteiger partial charge in [-0.1, -0.05) is 41.1 Å². The molecule has 0 amide bonds. The minimum atomic E-state index is 1.18. The van der Waals surface area contributed by atoms with Gasteiger partial charge in [-0.2, -0.15) is 0 Å². The zero-order valence-corrected chi connectivity index (χ0v) is 11.2. The Bertz CT molecular complexity index is 622. The van der Waals surface area contributed by atoms with Crippen molar-refractivity contribution in [2.75, 3.05) is 0 Å². The first kappa shape index (κ1) is 11.7. The van der Waals surface area contributed by atoms with E-state index in [4.69, 9.17) is 0 Å². The molecule has 0 atom stereocenters. The first-order valence-corrected chi connectivity index (χ1v) is 6.49. The van der Waals surface area contributed by atoms with Gasteiger partial charge >= 0.3 is 0 Å². The van der Waals surface area contributed by atoms with E-state index in [0.29, 0.717) is 0 Å². The average molecular weight is 249 g/mol. The van der Waals surface area contributed by atoms with Crippen LogP contribution in [0.5, 0.6) is 0 Å². The second-order valence-corrected chi connectivity index (χ2v) is 4.72. The van der Waals surface area contributed by atoms with Crippen molar-refractivity contribution in [3.8, 4) is 11.4 Å². The molecule has 0 aliphatic heterocycles. The molecule has 0 aliphatic carbocycles. The van der Waals surface area contributed by atoms with Crippen LogP contribution in [0.1, 0.15) is 11.4 Å². The third-order valence-electron chi connectivity index (χ3n) is 3.29. The van der Waals surface area contributed by atoms with Crippen molar-refractivity contribution >= 4 is 0 Å². The summed E-state index contributed by atoms with van der Waals surface area (Å²) in [7, 11) is 0. The van der Waals surface area contributed by atoms with Crippen molar-refractivity contribution in [1.29, 1.82) is 0 Å². The summed E-state index contributed by atoms with van der Waals surface area (Å²) in [6.07, 6.45) is 0. The SMILES string of the molecule is Cc1cc(C)[n+](-c2ccccc2)n1-c1ccccc1. The molecule has 2 aromatic carbocycles. The third kappa shape index (κ3) is 2.06. The predicted molar refractivity (Wildman–Crippen MR) is 76.8 cm³/mol. The summed E-state index contributed by atoms with van der Waals surface area (Å²) in [5.41, 5.74) is 4.81. The average Bonchev–Trinajstić information content (AvgIpc) is 2.75. The van der Waals surface area contributed by atoms with Crippen LogP contribution < -0.4 is 4.68 Å². The quantitative estimate of drug-likeness (QED) is 0.616. The van der Waals surface area contributed by atoms with E-state index in [2.05, 4.69) is 77.8 Å². The van der Waals surface area contributed by atoms with Gasteiger partial charge in [-0.05, 0) is 19.1 Å². The highest BCUT2D eigenvalue weighted by Crippen LogP contribution is 2.12. The molecule has 0 unspecified atom stereocenters. The summed E-state index contributed by atoms with van der Waals surface area (Å²) in [6, 6.07) is 23.1. The normalized spacial score (nSPS) is 10.6. The Balaban J connectivity index is 2.26. The summed E-state index contributed by atoms with van der Waals surface area (Å²) < 4.78 is 4.48. The summed E-state index contributed by atoms with van der Waals surface area (Å²) in [6.45, 7) is 4.28. The maximum Gasteiger partial charge on any atom is 0.236 e. The molecule has 3 aromatic rings. The monoisotopic (exact) mass is 249 g/mol. The molecule has 19 heavy (non-hydrogen) atoms. The van der Waals surface area contributed by atoms with Crippen molar-refractivity contribution in [2.24, 2.45) is 0 Å². The van der Waals surface area contributed by atoms with E-state index in [1.54, 1.807) is 0 Å². The van der Waals surface area contributed by atoms with Crippen LogP contribution >= 0.6 is 0 Å². The van der Waals surface area contributed by atoms with Crippen molar-refractivity contribution < 1.29 is 4.68 Å². The third-order valence-corrected chi connectivity index (χ3v) is 3.29. The number of para-hydroxylation sites is 2. The van der Waals surface area contributed by atoms with Crippen LogP contribution in [0.15, 0.2) is 66.7 Å². The van der Waals surface area contributed by atoms with Crippen LogP contribution in [0, 0.1) is 13.8 Å². The van der Waals surface area contributed by atoms with Gasteiger partial charge in [0.2, 0.25) is 11.4 Å². The molecule has 0 saturated carbocycles. The summed E-state index contributed by atoms with van der Waals surface area (Å²) in [5.74, 6) is 0. The minimum Gasteiger partial charge on any atom is -0.120 e. The van der Waals surface area contributed by atoms with Crippen molar-refractivity contribution in [3.05, 3.63) is 78.1 Å². The molecule has 3 rings (SSSR count). The fourth-order valence-corrected chi connectivity index (χ4v) is 2.52. The largest absolute Gasteiger partial charge is 0.236 e. The second kappa shape index (κ2) is 4.73. The van der Waals surface area contributed by atoms with E-state index >= 15 is 0 Å². The predicted octanol–water partition coefficient (Wildman–Crippen LogP) is 3.37. The minimum absolute atomic E-state index is 1.18. The zero-order valence-electron chi connectivity index (χ0n) is 11.2. The Labute approximate surface area is 113 Å². The Hall–Kier alpha value is -2.35. The van der Waals surface area contributed by atoms with E-state index in [0.717, 1.165) is 0 Å². The Morgan fingerprint density at radius 2 is 1.37 bits per heavy atom. The number of aryl methyl sites for hydroxylation is 2. The number of hydrogen-bond acceptors (Lipinski definition) is 0. The van der Waals surface area contributed by atoms with Gasteiger partial charge in [-0.3, -0.25) is 0 Å². The van der Waals surface area contributed by atoms with Gasteiger partial charge in [0.25, 0.3) is 0 Å². The highest BCUT2D eigenvalue weighted by Gasteiger charge is 2.21. The number of nitrogens with zero attached hydrogens (tertiary/aromatic N) is 2. The molecule has 1 heterocycles. The molecular weight excluding hydrogens is 232 g/mol. The molecule has 94 valence electrons. The smallest absolute Gasteiger partial charge is 0.120 e. The fraction of sp³-hybridized carbons (Fsp3) is 0.118. The lowest BCUT2D eigenvalue weighted by Gasteiger charge is -2.05. The zero-order chi connectivity index (χ0) is 13.2. The topological polar surface area (TPSA) is 8.81 Å². The highest BCUT2D eigenvalue weighted by molar-refractivity contribution is 5.32. The summed E-state index contributed by atoms with van der Waals surface area (Å²) in [5, 5.41) is 0. The van der Waals surface area contributed by atoms with Gasteiger partial charge < -0.3 is 0 Å². The molecular formula is C17H17N2+. The maximum atomic E-state index is 2.24. The first-order valence-electron chi connectivity index (χ1n) is 6.49. The fourth-order valence-electron chi connectivity index (χ4n) is 2.52. The molecule has 1 aromatic heterocycles. The van der Waals surface area contributed by atoms with Crippen LogP contribution in [0.4, 0.5) is 0 Å². The van der Waals surface area contributed by atoms with Gasteiger partial charge in [0.1, 0.15) is 5.69 Å². The summed E-state index contributed by atoms with van der Waals surface area (Å²) >= 11 is 0. The lowest BCUT2D eigenvalue weighted by atomic mass is 10.3. The van der Waals surface area contributed by atoms with E-state index in [1.165, 1.54) is 22.8 Å². The molecule has 0 N–H and O–H groups in total. The highest BCUT2D eigenvalue weighted by atomic mass is 15.4. The van der Waals surface area contributed by atoms with Crippen molar-refractivity contribution in [2.45, 2.75) is 13.8 Å². The van der Waals surface area contributed by atoms with Gasteiger partial charge in [-0.15, -0.1) is 4.68 Å². The second-order valence-electron chi connectivity index (χ2n) is 4.72. The van der Waals surface area contributed by atoms with Crippen LogP contribution in [-0.4, -0.2) is 4.68 Å². The lowest BCUT2D eigenvalue weighted by Crippen LogP contribution is -2.42. The van der Waals surface area contributed by atoms with Crippen LogP contribution in [0.3, 0.4) is 0 Å². The molecule has 0 spiro atoms. The molecule has 2 heteroatoms. The Kier molecular flexibility index (Phi) is 2.92. The molecule has 0 saturated heterocycles. The number of hydrogen-bond donors (Lipinski definition) is 0. The van der Waals surface area contributed by atoms with E-state index in [-0.39, 0.29) is 0 Å². The van der Waals surface area contributed by atoms with Crippen molar-refractivity contribution in [1.82, 2.24) is 4.68 Å². The van der Waals surface area contributed by atoms with Crippen LogP contribution in [0.2, 0.25) is 0 Å². The Morgan fingerprint density at radius 1 is 0.789 bits per heavy atom. The number of rotatable bonds is 2.